The van der Waals surface area contributed by atoms with Gasteiger partial charge in [-0.05, 0) is 97.3 Å². The van der Waals surface area contributed by atoms with Gasteiger partial charge in [-0.15, -0.1) is 11.8 Å². The van der Waals surface area contributed by atoms with E-state index in [4.69, 9.17) is 18.9 Å². The third kappa shape index (κ3) is 5.64. The predicted octanol–water partition coefficient (Wildman–Crippen LogP) is 5.33. The summed E-state index contributed by atoms with van der Waals surface area (Å²) in [6.07, 6.45) is 0.738. The molecule has 2 aliphatic heterocycles. The van der Waals surface area contributed by atoms with Crippen molar-refractivity contribution >= 4 is 58.2 Å². The number of anilines is 2. The van der Waals surface area contributed by atoms with Gasteiger partial charge in [-0.1, -0.05) is 17.4 Å². The van der Waals surface area contributed by atoms with Gasteiger partial charge in [0.25, 0.3) is 5.91 Å². The normalized spacial score (nSPS) is 25.3. The molecule has 4 aromatic rings. The quantitative estimate of drug-likeness (QED) is 0.161. The summed E-state index contributed by atoms with van der Waals surface area (Å²) < 4.78 is 21.9. The molecule has 2 bridgehead atoms. The van der Waals surface area contributed by atoms with Crippen molar-refractivity contribution in [3.63, 3.8) is 0 Å². The number of nitrogens with one attached hydrogen (secondary N) is 2. The second kappa shape index (κ2) is 13.5. The van der Waals surface area contributed by atoms with Gasteiger partial charge in [-0.3, -0.25) is 24.1 Å². The van der Waals surface area contributed by atoms with Gasteiger partial charge < -0.3 is 29.2 Å². The maximum atomic E-state index is 14.2. The molecule has 14 heteroatoms. The highest BCUT2D eigenvalue weighted by atomic mass is 32.2. The lowest BCUT2D eigenvalue weighted by molar-refractivity contribution is -0.123. The number of fused-ring (bicyclic) bond motifs is 9. The molecule has 0 spiro atoms. The highest BCUT2D eigenvalue weighted by molar-refractivity contribution is 8.00. The Hall–Kier alpha value is -5.08. The maximum absolute atomic E-state index is 14.2. The van der Waals surface area contributed by atoms with E-state index in [2.05, 4.69) is 10.3 Å². The lowest BCUT2D eigenvalue weighted by Crippen LogP contribution is -2.42. The number of thioether (sulfide) groups is 1. The molecule has 12 nitrogen and oxygen atoms in total. The van der Waals surface area contributed by atoms with Crippen LogP contribution >= 0.6 is 23.1 Å². The van der Waals surface area contributed by atoms with Gasteiger partial charge >= 0.3 is 10.8 Å². The molecule has 3 fully saturated rings. The third-order valence-electron chi connectivity index (χ3n) is 10.6. The van der Waals surface area contributed by atoms with Gasteiger partial charge in [-0.2, -0.15) is 0 Å². The Morgan fingerprint density at radius 1 is 0.904 bits per heavy atom. The van der Waals surface area contributed by atoms with E-state index in [-0.39, 0.29) is 64.7 Å². The lowest BCUT2D eigenvalue weighted by Gasteiger charge is -2.43. The number of ether oxygens (including phenoxy) is 4. The Morgan fingerprint density at radius 3 is 2.33 bits per heavy atom. The van der Waals surface area contributed by atoms with Crippen LogP contribution < -0.4 is 29.3 Å². The second-order valence-electron chi connectivity index (χ2n) is 13.2. The minimum absolute atomic E-state index is 0.000428. The summed E-state index contributed by atoms with van der Waals surface area (Å²) in [4.78, 5) is 70.9. The van der Waals surface area contributed by atoms with Gasteiger partial charge in [0.05, 0.1) is 48.9 Å². The summed E-state index contributed by atoms with van der Waals surface area (Å²) in [5.74, 6) is -1.12. The van der Waals surface area contributed by atoms with Crippen molar-refractivity contribution in [3.8, 4) is 17.2 Å². The molecular weight excluding hydrogens is 707 g/mol. The number of hydrogen-bond acceptors (Lipinski definition) is 11. The van der Waals surface area contributed by atoms with Gasteiger partial charge in [-0.25, -0.2) is 4.79 Å². The smallest absolute Gasteiger partial charge is 0.338 e. The molecule has 52 heavy (non-hydrogen) atoms. The van der Waals surface area contributed by atoms with Crippen LogP contribution in [0, 0.1) is 29.6 Å². The van der Waals surface area contributed by atoms with Crippen LogP contribution in [0.5, 0.6) is 17.2 Å². The monoisotopic (exact) mass is 741 g/mol. The minimum Gasteiger partial charge on any atom is -0.497 e. The molecule has 4 unspecified atom stereocenters. The van der Waals surface area contributed by atoms with Crippen LogP contribution in [-0.2, 0) is 19.1 Å². The fourth-order valence-electron chi connectivity index (χ4n) is 8.62. The number of carbonyl (C=O) groups is 4. The number of thiazole rings is 1. The summed E-state index contributed by atoms with van der Waals surface area (Å²) in [5.41, 5.74) is 2.28. The fourth-order valence-corrected chi connectivity index (χ4v) is 11.5. The summed E-state index contributed by atoms with van der Waals surface area (Å²) in [6.45, 7) is 1.72. The van der Waals surface area contributed by atoms with Crippen molar-refractivity contribution in [2.45, 2.75) is 29.5 Å². The van der Waals surface area contributed by atoms with E-state index in [1.54, 1.807) is 80.4 Å². The number of benzene rings is 3. The van der Waals surface area contributed by atoms with Gasteiger partial charge in [0.1, 0.15) is 5.75 Å². The fraction of sp³-hybridized carbons (Fsp3) is 0.342. The van der Waals surface area contributed by atoms with Crippen molar-refractivity contribution < 1.29 is 38.1 Å². The molecule has 3 heterocycles. The number of rotatable bonds is 10. The number of methoxy groups -OCH3 is 2. The topological polar surface area (TPSA) is 153 Å². The maximum Gasteiger partial charge on any atom is 0.338 e. The summed E-state index contributed by atoms with van der Waals surface area (Å²) in [6, 6.07) is 18.9. The van der Waals surface area contributed by atoms with E-state index in [0.717, 1.165) is 21.9 Å². The highest BCUT2D eigenvalue weighted by Crippen LogP contribution is 2.68. The average molecular weight is 742 g/mol. The molecule has 2 aliphatic carbocycles. The largest absolute Gasteiger partial charge is 0.497 e. The molecule has 1 aromatic heterocycles. The van der Waals surface area contributed by atoms with Crippen LogP contribution in [0.4, 0.5) is 11.4 Å². The summed E-state index contributed by atoms with van der Waals surface area (Å²) in [7, 11) is 3.10. The molecule has 4 aliphatic rings. The predicted molar refractivity (Wildman–Crippen MR) is 193 cm³/mol. The number of esters is 1. The summed E-state index contributed by atoms with van der Waals surface area (Å²) >= 11 is 2.78. The molecule has 268 valence electrons. The van der Waals surface area contributed by atoms with Gasteiger partial charge in [0.15, 0.2) is 18.1 Å². The Bertz CT molecular complexity index is 2130. The van der Waals surface area contributed by atoms with Crippen molar-refractivity contribution in [3.05, 3.63) is 92.4 Å². The van der Waals surface area contributed by atoms with Crippen LogP contribution in [0.25, 0.3) is 0 Å². The highest BCUT2D eigenvalue weighted by Gasteiger charge is 2.69. The zero-order valence-electron chi connectivity index (χ0n) is 28.5. The number of hydrogen-bond donors (Lipinski definition) is 2. The van der Waals surface area contributed by atoms with Gasteiger partial charge in [0, 0.05) is 21.7 Å². The first-order chi connectivity index (χ1) is 25.2. The molecule has 8 rings (SSSR count). The zero-order chi connectivity index (χ0) is 36.3. The zero-order valence-corrected chi connectivity index (χ0v) is 30.1. The molecular formula is C38H35N3O9S2. The number of amides is 3. The Labute approximate surface area is 306 Å². The number of nitrogens with zero attached hydrogens (tertiary/aromatic N) is 1. The van der Waals surface area contributed by atoms with Crippen LogP contribution in [-0.4, -0.2) is 61.4 Å². The molecule has 3 aromatic carbocycles. The Balaban J connectivity index is 1.05. The number of imide groups is 1. The first-order valence-electron chi connectivity index (χ1n) is 17.0. The van der Waals surface area contributed by atoms with Gasteiger partial charge in [0.2, 0.25) is 11.8 Å². The third-order valence-corrected chi connectivity index (χ3v) is 13.2. The van der Waals surface area contributed by atoms with Crippen LogP contribution in [0.1, 0.15) is 40.1 Å². The number of H-pyrrole nitrogens is 1. The molecule has 0 radical (unpaired) electrons. The van der Waals surface area contributed by atoms with E-state index in [1.165, 1.54) is 23.3 Å². The van der Waals surface area contributed by atoms with E-state index in [0.29, 0.717) is 34.2 Å². The average Bonchev–Trinajstić information content (AvgIpc) is 3.89. The minimum atomic E-state index is -0.488. The van der Waals surface area contributed by atoms with E-state index >= 15 is 0 Å². The van der Waals surface area contributed by atoms with Crippen molar-refractivity contribution in [2.24, 2.45) is 29.6 Å². The standard InChI is InChI=1S/C38H35N3O9S2/c1-4-49-37(45)18-5-10-21(11-6-18)41-35(43)30-23-16-24(31(30)36(41)44)32-29(23)28(33-34(51-32)40-38(46)52-33)19-7-14-25(26(15-19)48-3)50-17-27(42)39-20-8-12-22(47-2)13-9-20/h5-15,23-24,28-32H,4,16-17H2,1-3H3,(H,39,42)(H,40,46)/t23-,24-,28-,29?,30?,31?,32?/m1/s1. The van der Waals surface area contributed by atoms with Crippen LogP contribution in [0.2, 0.25) is 0 Å². The number of aromatic nitrogens is 1. The van der Waals surface area contributed by atoms with Crippen molar-refractivity contribution in [2.75, 3.05) is 37.7 Å². The second-order valence-corrected chi connectivity index (χ2v) is 15.4. The van der Waals surface area contributed by atoms with Crippen molar-refractivity contribution in [1.29, 1.82) is 0 Å². The number of carbonyl (C=O) groups excluding carboxylic acids is 4. The molecule has 1 saturated heterocycles. The van der Waals surface area contributed by atoms with E-state index in [9.17, 15) is 24.0 Å². The lowest BCUT2D eigenvalue weighted by atomic mass is 9.68. The van der Waals surface area contributed by atoms with Crippen LogP contribution in [0.3, 0.4) is 0 Å². The van der Waals surface area contributed by atoms with E-state index < -0.39 is 17.8 Å². The SMILES string of the molecule is CCOC(=O)c1ccc(N2C(=O)C3C(C2=O)[C@@H]2C[C@H]3C3Sc4[nH]c(=O)sc4[C@H](c4ccc(OCC(=O)Nc5ccc(OC)cc5)c(OC)c4)C32)cc1. The number of aromatic amines is 1. The van der Waals surface area contributed by atoms with Crippen molar-refractivity contribution in [1.82, 2.24) is 4.98 Å². The molecule has 2 saturated carbocycles. The Morgan fingerprint density at radius 2 is 1.63 bits per heavy atom. The molecule has 3 amide bonds. The van der Waals surface area contributed by atoms with E-state index in [1.807, 2.05) is 12.1 Å². The first-order valence-corrected chi connectivity index (χ1v) is 18.7. The molecule has 7 atom stereocenters. The van der Waals surface area contributed by atoms with Crippen LogP contribution in [0.15, 0.2) is 76.6 Å². The molecule has 2 N–H and O–H groups in total. The summed E-state index contributed by atoms with van der Waals surface area (Å²) in [5, 5.41) is 3.59. The Kier molecular flexibility index (Phi) is 8.82. The first kappa shape index (κ1) is 34.0.